The van der Waals surface area contributed by atoms with Crippen LogP contribution < -0.4 is 5.32 Å². The molecule has 0 saturated carbocycles. The Morgan fingerprint density at radius 3 is 2.20 bits per heavy atom. The fourth-order valence-corrected chi connectivity index (χ4v) is 1.94. The van der Waals surface area contributed by atoms with Gasteiger partial charge in [0.1, 0.15) is 0 Å². The van der Waals surface area contributed by atoms with Gasteiger partial charge >= 0.3 is 5.97 Å². The van der Waals surface area contributed by atoms with Crippen LogP contribution in [0, 0.1) is 0 Å². The second-order valence-corrected chi connectivity index (χ2v) is 4.72. The van der Waals surface area contributed by atoms with E-state index in [-0.39, 0.29) is 0 Å². The highest BCUT2D eigenvalue weighted by molar-refractivity contribution is 6.18. The zero-order valence-corrected chi connectivity index (χ0v) is 12.5. The molecule has 5 heteroatoms. The number of hydrogen-bond acceptors (Lipinski definition) is 2. The molecule has 0 fully saturated rings. The summed E-state index contributed by atoms with van der Waals surface area (Å²) in [5, 5.41) is 13.7. The first kappa shape index (κ1) is 16.8. The topological polar surface area (TPSA) is 49.3 Å². The van der Waals surface area contributed by atoms with Crippen molar-refractivity contribution in [2.45, 2.75) is 0 Å². The van der Waals surface area contributed by atoms with Crippen molar-refractivity contribution in [1.29, 1.82) is 0 Å². The van der Waals surface area contributed by atoms with Gasteiger partial charge in [-0.2, -0.15) is 0 Å². The molecule has 2 aromatic carbocycles. The van der Waals surface area contributed by atoms with Crippen LogP contribution >= 0.6 is 23.2 Å². The highest BCUT2D eigenvalue weighted by Gasteiger charge is 2.05. The maximum absolute atomic E-state index is 10.8. The number of nitrogens with one attached hydrogen (secondary N) is 1. The molecule has 20 heavy (non-hydrogen) atoms. The summed E-state index contributed by atoms with van der Waals surface area (Å²) in [6.07, 6.45) is 0. The average molecular weight is 314 g/mol. The van der Waals surface area contributed by atoms with Crippen LogP contribution in [-0.2, 0) is 0 Å². The summed E-state index contributed by atoms with van der Waals surface area (Å²) in [6.45, 7) is 1.71. The molecule has 0 spiro atoms. The monoisotopic (exact) mass is 313 g/mol. The van der Waals surface area contributed by atoms with E-state index < -0.39 is 5.97 Å². The summed E-state index contributed by atoms with van der Waals surface area (Å²) < 4.78 is 0. The summed E-state index contributed by atoms with van der Waals surface area (Å²) in [4.78, 5) is 10.8. The number of hydrogen-bond donors (Lipinski definition) is 2. The van der Waals surface area contributed by atoms with Crippen molar-refractivity contribution in [2.75, 3.05) is 24.8 Å². The van der Waals surface area contributed by atoms with Crippen molar-refractivity contribution in [2.24, 2.45) is 0 Å². The first-order chi connectivity index (χ1) is 9.70. The molecular weight excluding hydrogens is 297 g/mol. The molecule has 0 radical (unpaired) electrons. The lowest BCUT2D eigenvalue weighted by Gasteiger charge is -2.00. The van der Waals surface area contributed by atoms with Crippen molar-refractivity contribution in [3.63, 3.8) is 0 Å². The SMILES string of the molecule is ClCCNCCCl.O=C(O)c1cccc2ccccc12. The molecule has 0 aliphatic heterocycles. The largest absolute Gasteiger partial charge is 0.478 e. The molecule has 0 amide bonds. The molecule has 0 bridgehead atoms. The second kappa shape index (κ2) is 9.59. The fraction of sp³-hybridized carbons (Fsp3) is 0.267. The zero-order valence-electron chi connectivity index (χ0n) is 11.0. The van der Waals surface area contributed by atoms with Crippen LogP contribution in [0.25, 0.3) is 10.8 Å². The third-order valence-corrected chi connectivity index (χ3v) is 2.94. The van der Waals surface area contributed by atoms with Crippen molar-refractivity contribution in [3.05, 3.63) is 48.0 Å². The van der Waals surface area contributed by atoms with Gasteiger partial charge in [-0.3, -0.25) is 0 Å². The minimum absolute atomic E-state index is 0.359. The summed E-state index contributed by atoms with van der Waals surface area (Å²) in [5.41, 5.74) is 0.359. The van der Waals surface area contributed by atoms with E-state index in [1.807, 2.05) is 30.3 Å². The predicted octanol–water partition coefficient (Wildman–Crippen LogP) is 3.59. The van der Waals surface area contributed by atoms with E-state index in [1.54, 1.807) is 12.1 Å². The molecule has 108 valence electrons. The van der Waals surface area contributed by atoms with Crippen molar-refractivity contribution >= 4 is 39.9 Å². The molecule has 3 nitrogen and oxygen atoms in total. The number of carboxylic acids is 1. The predicted molar refractivity (Wildman–Crippen MR) is 85.2 cm³/mol. The Morgan fingerprint density at radius 1 is 1.00 bits per heavy atom. The molecule has 0 heterocycles. The molecular formula is C15H17Cl2NO2. The van der Waals surface area contributed by atoms with Crippen LogP contribution in [0.5, 0.6) is 0 Å². The molecule has 0 saturated heterocycles. The number of carbonyl (C=O) groups is 1. The quantitative estimate of drug-likeness (QED) is 0.655. The van der Waals surface area contributed by atoms with E-state index in [0.29, 0.717) is 17.3 Å². The normalized spacial score (nSPS) is 9.90. The van der Waals surface area contributed by atoms with Gasteiger partial charge in [-0.05, 0) is 16.8 Å². The Morgan fingerprint density at radius 2 is 1.60 bits per heavy atom. The minimum Gasteiger partial charge on any atom is -0.478 e. The minimum atomic E-state index is -0.878. The second-order valence-electron chi connectivity index (χ2n) is 3.96. The van der Waals surface area contributed by atoms with E-state index >= 15 is 0 Å². The summed E-state index contributed by atoms with van der Waals surface area (Å²) >= 11 is 10.7. The molecule has 0 aliphatic carbocycles. The molecule has 0 unspecified atom stereocenters. The molecule has 0 atom stereocenters. The van der Waals surface area contributed by atoms with Gasteiger partial charge in [0.05, 0.1) is 5.56 Å². The molecule has 2 N–H and O–H groups in total. The van der Waals surface area contributed by atoms with Crippen LogP contribution in [-0.4, -0.2) is 35.9 Å². The first-order valence-electron chi connectivity index (χ1n) is 6.24. The van der Waals surface area contributed by atoms with E-state index in [1.165, 1.54) is 0 Å². The maximum atomic E-state index is 10.8. The van der Waals surface area contributed by atoms with Gasteiger partial charge in [0.25, 0.3) is 0 Å². The lowest BCUT2D eigenvalue weighted by atomic mass is 10.1. The van der Waals surface area contributed by atoms with Crippen LogP contribution in [0.15, 0.2) is 42.5 Å². The lowest BCUT2D eigenvalue weighted by molar-refractivity contribution is 0.0699. The standard InChI is InChI=1S/C11H8O2.C4H9Cl2N/c12-11(13)10-7-3-5-8-4-1-2-6-9(8)10;5-1-3-7-4-2-6/h1-7H,(H,12,13);7H,1-4H2. The van der Waals surface area contributed by atoms with E-state index in [0.717, 1.165) is 23.9 Å². The van der Waals surface area contributed by atoms with Crippen LogP contribution in [0.3, 0.4) is 0 Å². The number of aromatic carboxylic acids is 1. The van der Waals surface area contributed by atoms with Gasteiger partial charge in [0.2, 0.25) is 0 Å². The maximum Gasteiger partial charge on any atom is 0.336 e. The Bertz CT molecular complexity index is 537. The summed E-state index contributed by atoms with van der Waals surface area (Å²) in [7, 11) is 0. The number of halogens is 2. The summed E-state index contributed by atoms with van der Waals surface area (Å²) in [5.74, 6) is 0.449. The van der Waals surface area contributed by atoms with Gasteiger partial charge < -0.3 is 10.4 Å². The zero-order chi connectivity index (χ0) is 14.8. The smallest absolute Gasteiger partial charge is 0.336 e. The third-order valence-electron chi connectivity index (χ3n) is 2.56. The van der Waals surface area contributed by atoms with E-state index in [4.69, 9.17) is 28.3 Å². The van der Waals surface area contributed by atoms with Crippen LogP contribution in [0.4, 0.5) is 0 Å². The first-order valence-corrected chi connectivity index (χ1v) is 7.31. The van der Waals surface area contributed by atoms with Crippen molar-refractivity contribution < 1.29 is 9.90 Å². The van der Waals surface area contributed by atoms with Gasteiger partial charge in [0, 0.05) is 24.8 Å². The van der Waals surface area contributed by atoms with Crippen molar-refractivity contribution in [3.8, 4) is 0 Å². The number of fused-ring (bicyclic) bond motifs is 1. The van der Waals surface area contributed by atoms with Gasteiger partial charge in [-0.15, -0.1) is 23.2 Å². The number of alkyl halides is 2. The number of benzene rings is 2. The van der Waals surface area contributed by atoms with E-state index in [2.05, 4.69) is 5.32 Å². The Hall–Kier alpha value is -1.29. The van der Waals surface area contributed by atoms with Gasteiger partial charge in [-0.1, -0.05) is 36.4 Å². The highest BCUT2D eigenvalue weighted by atomic mass is 35.5. The summed E-state index contributed by atoms with van der Waals surface area (Å²) in [6, 6.07) is 12.7. The van der Waals surface area contributed by atoms with Gasteiger partial charge in [-0.25, -0.2) is 4.79 Å². The van der Waals surface area contributed by atoms with Gasteiger partial charge in [0.15, 0.2) is 0 Å². The lowest BCUT2D eigenvalue weighted by Crippen LogP contribution is -2.18. The molecule has 2 rings (SSSR count). The van der Waals surface area contributed by atoms with Crippen molar-refractivity contribution in [1.82, 2.24) is 5.32 Å². The van der Waals surface area contributed by atoms with E-state index in [9.17, 15) is 4.79 Å². The molecule has 0 aliphatic rings. The Balaban J connectivity index is 0.000000246. The Labute approximate surface area is 128 Å². The highest BCUT2D eigenvalue weighted by Crippen LogP contribution is 2.17. The van der Waals surface area contributed by atoms with Crippen LogP contribution in [0.2, 0.25) is 0 Å². The van der Waals surface area contributed by atoms with Crippen LogP contribution in [0.1, 0.15) is 10.4 Å². The average Bonchev–Trinajstić information content (AvgIpc) is 2.48. The number of rotatable bonds is 5. The molecule has 2 aromatic rings. The fourth-order valence-electron chi connectivity index (χ4n) is 1.67. The number of carboxylic acid groups (broad SMARTS) is 1. The third kappa shape index (κ3) is 5.37. The Kier molecular flexibility index (Phi) is 8.04. The molecule has 0 aromatic heterocycles.